The quantitative estimate of drug-likeness (QED) is 0.569. The highest BCUT2D eigenvalue weighted by Crippen LogP contribution is 2.24. The number of aliphatic hydroxyl groups excluding tert-OH is 2. The second kappa shape index (κ2) is 9.34. The standard InChI is InChI=1S/C12H16Cl2O2S2/c13-5-9(15)7-17-11-1-2-12(4-3-11)18-8-10(16)6-14/h1-4,9-10,15-16H,5-8H2. The van der Waals surface area contributed by atoms with E-state index < -0.39 is 12.2 Å². The van der Waals surface area contributed by atoms with Crippen LogP contribution in [-0.4, -0.2) is 45.7 Å². The maximum Gasteiger partial charge on any atom is 0.0769 e. The van der Waals surface area contributed by atoms with Crippen LogP contribution in [0.1, 0.15) is 0 Å². The van der Waals surface area contributed by atoms with Gasteiger partial charge >= 0.3 is 0 Å². The summed E-state index contributed by atoms with van der Waals surface area (Å²) in [5.74, 6) is 1.72. The summed E-state index contributed by atoms with van der Waals surface area (Å²) < 4.78 is 0. The van der Waals surface area contributed by atoms with Crippen LogP contribution in [0.15, 0.2) is 34.1 Å². The first-order valence-electron chi connectivity index (χ1n) is 5.49. The maximum atomic E-state index is 9.35. The van der Waals surface area contributed by atoms with Crippen LogP contribution in [0.25, 0.3) is 0 Å². The molecule has 0 aliphatic rings. The van der Waals surface area contributed by atoms with Crippen molar-refractivity contribution in [3.63, 3.8) is 0 Å². The first kappa shape index (κ1) is 16.5. The molecule has 102 valence electrons. The summed E-state index contributed by atoms with van der Waals surface area (Å²) in [4.78, 5) is 2.20. The van der Waals surface area contributed by atoms with Gasteiger partial charge in [-0.15, -0.1) is 46.7 Å². The average molecular weight is 327 g/mol. The van der Waals surface area contributed by atoms with Crippen LogP contribution in [-0.2, 0) is 0 Å². The van der Waals surface area contributed by atoms with E-state index in [0.29, 0.717) is 11.5 Å². The molecular formula is C12H16Cl2O2S2. The van der Waals surface area contributed by atoms with Gasteiger partial charge in [0.15, 0.2) is 0 Å². The minimum Gasteiger partial charge on any atom is -0.391 e. The fraction of sp³-hybridized carbons (Fsp3) is 0.500. The van der Waals surface area contributed by atoms with Gasteiger partial charge in [0.05, 0.1) is 12.2 Å². The summed E-state index contributed by atoms with van der Waals surface area (Å²) >= 11 is 14.2. The molecule has 0 amide bonds. The Morgan fingerprint density at radius 2 is 1.17 bits per heavy atom. The number of hydrogen-bond acceptors (Lipinski definition) is 4. The number of thioether (sulfide) groups is 2. The monoisotopic (exact) mass is 326 g/mol. The van der Waals surface area contributed by atoms with Crippen LogP contribution in [0.2, 0.25) is 0 Å². The molecule has 18 heavy (non-hydrogen) atoms. The Labute approximate surface area is 126 Å². The van der Waals surface area contributed by atoms with Crippen molar-refractivity contribution in [3.8, 4) is 0 Å². The van der Waals surface area contributed by atoms with Crippen molar-refractivity contribution in [1.82, 2.24) is 0 Å². The van der Waals surface area contributed by atoms with Crippen LogP contribution >= 0.6 is 46.7 Å². The molecule has 0 aliphatic heterocycles. The third-order valence-corrected chi connectivity index (χ3v) is 5.09. The third-order valence-electron chi connectivity index (χ3n) is 2.06. The summed E-state index contributed by atoms with van der Waals surface area (Å²) in [6.45, 7) is 0. The number of hydrogen-bond donors (Lipinski definition) is 2. The fourth-order valence-electron chi connectivity index (χ4n) is 1.11. The summed E-state index contributed by atoms with van der Waals surface area (Å²) in [6.07, 6.45) is -0.936. The molecular weight excluding hydrogens is 311 g/mol. The highest BCUT2D eigenvalue weighted by Gasteiger charge is 2.05. The summed E-state index contributed by atoms with van der Waals surface area (Å²) in [5.41, 5.74) is 0. The van der Waals surface area contributed by atoms with Gasteiger partial charge in [0.2, 0.25) is 0 Å². The van der Waals surface area contributed by atoms with E-state index >= 15 is 0 Å². The zero-order valence-electron chi connectivity index (χ0n) is 9.76. The van der Waals surface area contributed by atoms with Crippen molar-refractivity contribution in [2.24, 2.45) is 0 Å². The number of aliphatic hydroxyl groups is 2. The van der Waals surface area contributed by atoms with Crippen LogP contribution in [0.3, 0.4) is 0 Å². The number of alkyl halides is 2. The molecule has 0 bridgehead atoms. The Morgan fingerprint density at radius 1 is 0.833 bits per heavy atom. The molecule has 1 aromatic rings. The molecule has 0 heterocycles. The van der Waals surface area contributed by atoms with Gasteiger partial charge in [0.25, 0.3) is 0 Å². The highest BCUT2D eigenvalue weighted by molar-refractivity contribution is 7.99. The molecule has 2 N–H and O–H groups in total. The molecule has 0 saturated carbocycles. The van der Waals surface area contributed by atoms with E-state index in [2.05, 4.69) is 0 Å². The SMILES string of the molecule is OC(CCl)CSc1ccc(SCC(O)CCl)cc1. The van der Waals surface area contributed by atoms with Gasteiger partial charge in [-0.05, 0) is 24.3 Å². The van der Waals surface area contributed by atoms with Gasteiger partial charge in [-0.1, -0.05) is 0 Å². The maximum absolute atomic E-state index is 9.35. The molecule has 2 unspecified atom stereocenters. The van der Waals surface area contributed by atoms with E-state index in [-0.39, 0.29) is 11.8 Å². The van der Waals surface area contributed by atoms with Crippen molar-refractivity contribution in [3.05, 3.63) is 24.3 Å². The van der Waals surface area contributed by atoms with E-state index in [0.717, 1.165) is 9.79 Å². The number of rotatable bonds is 8. The molecule has 0 aromatic heterocycles. The summed E-state index contributed by atoms with van der Waals surface area (Å²) in [5, 5.41) is 18.7. The smallest absolute Gasteiger partial charge is 0.0769 e. The lowest BCUT2D eigenvalue weighted by atomic mass is 10.4. The van der Waals surface area contributed by atoms with Crippen molar-refractivity contribution < 1.29 is 10.2 Å². The van der Waals surface area contributed by atoms with Crippen LogP contribution in [0, 0.1) is 0 Å². The van der Waals surface area contributed by atoms with Crippen molar-refractivity contribution in [2.45, 2.75) is 22.0 Å². The van der Waals surface area contributed by atoms with E-state index in [9.17, 15) is 10.2 Å². The number of halogens is 2. The second-order valence-corrected chi connectivity index (χ2v) is 6.51. The fourth-order valence-corrected chi connectivity index (χ4v) is 3.25. The predicted molar refractivity (Wildman–Crippen MR) is 81.3 cm³/mol. The Kier molecular flexibility index (Phi) is 8.55. The van der Waals surface area contributed by atoms with Crippen LogP contribution in [0.4, 0.5) is 0 Å². The van der Waals surface area contributed by atoms with E-state index in [1.165, 1.54) is 0 Å². The predicted octanol–water partition coefficient (Wildman–Crippen LogP) is 3.07. The Balaban J connectivity index is 2.37. The molecule has 0 spiro atoms. The van der Waals surface area contributed by atoms with E-state index in [4.69, 9.17) is 23.2 Å². The lowest BCUT2D eigenvalue weighted by Gasteiger charge is -2.08. The van der Waals surface area contributed by atoms with Gasteiger partial charge in [-0.25, -0.2) is 0 Å². The van der Waals surface area contributed by atoms with Gasteiger partial charge in [-0.2, -0.15) is 0 Å². The van der Waals surface area contributed by atoms with Crippen molar-refractivity contribution >= 4 is 46.7 Å². The Hall–Kier alpha value is 0.420. The zero-order chi connectivity index (χ0) is 13.4. The molecule has 1 aromatic carbocycles. The summed E-state index contributed by atoms with van der Waals surface area (Å²) in [7, 11) is 0. The molecule has 2 atom stereocenters. The minimum absolute atomic E-state index is 0.261. The first-order valence-corrected chi connectivity index (χ1v) is 8.53. The Morgan fingerprint density at radius 3 is 1.44 bits per heavy atom. The molecule has 0 aliphatic carbocycles. The Bertz CT molecular complexity index is 302. The summed E-state index contributed by atoms with van der Waals surface area (Å²) in [6, 6.07) is 8.00. The highest BCUT2D eigenvalue weighted by atomic mass is 35.5. The lowest BCUT2D eigenvalue weighted by molar-refractivity contribution is 0.223. The topological polar surface area (TPSA) is 40.5 Å². The molecule has 1 rings (SSSR count). The first-order chi connectivity index (χ1) is 8.65. The van der Waals surface area contributed by atoms with Gasteiger partial charge in [-0.3, -0.25) is 0 Å². The van der Waals surface area contributed by atoms with Crippen LogP contribution < -0.4 is 0 Å². The molecule has 0 saturated heterocycles. The van der Waals surface area contributed by atoms with Gasteiger partial charge in [0.1, 0.15) is 0 Å². The van der Waals surface area contributed by atoms with E-state index in [1.54, 1.807) is 23.5 Å². The molecule has 6 heteroatoms. The minimum atomic E-state index is -0.468. The largest absolute Gasteiger partial charge is 0.391 e. The van der Waals surface area contributed by atoms with E-state index in [1.807, 2.05) is 24.3 Å². The van der Waals surface area contributed by atoms with Crippen LogP contribution in [0.5, 0.6) is 0 Å². The zero-order valence-corrected chi connectivity index (χ0v) is 12.9. The molecule has 0 radical (unpaired) electrons. The average Bonchev–Trinajstić information content (AvgIpc) is 2.43. The van der Waals surface area contributed by atoms with Crippen molar-refractivity contribution in [1.29, 1.82) is 0 Å². The molecule has 0 fully saturated rings. The molecule has 2 nitrogen and oxygen atoms in total. The number of benzene rings is 1. The second-order valence-electron chi connectivity index (χ2n) is 3.71. The van der Waals surface area contributed by atoms with Gasteiger partial charge in [0, 0.05) is 33.1 Å². The van der Waals surface area contributed by atoms with Crippen molar-refractivity contribution in [2.75, 3.05) is 23.3 Å². The lowest BCUT2D eigenvalue weighted by Crippen LogP contribution is -2.11. The normalized spacial score (nSPS) is 14.4. The van der Waals surface area contributed by atoms with Gasteiger partial charge < -0.3 is 10.2 Å². The third kappa shape index (κ3) is 6.55.